The van der Waals surface area contributed by atoms with Crippen LogP contribution in [0.25, 0.3) is 0 Å². The first-order valence-electron chi connectivity index (χ1n) is 6.93. The van der Waals surface area contributed by atoms with Crippen LogP contribution in [0.2, 0.25) is 0 Å². The molecule has 0 aliphatic rings. The number of amides is 1. The third-order valence-electron chi connectivity index (χ3n) is 3.19. The topological polar surface area (TPSA) is 64.7 Å². The summed E-state index contributed by atoms with van der Waals surface area (Å²) in [7, 11) is 0. The third-order valence-corrected chi connectivity index (χ3v) is 3.19. The zero-order valence-corrected chi connectivity index (χ0v) is 12.2. The maximum Gasteiger partial charge on any atom is 0.333 e. The molecule has 3 rings (SSSR count). The second-order valence-electron chi connectivity index (χ2n) is 4.97. The smallest absolute Gasteiger partial charge is 0.318 e. The first kappa shape index (κ1) is 15.8. The molecule has 1 aromatic carbocycles. The Morgan fingerprint density at radius 1 is 1.21 bits per heavy atom. The van der Waals surface area contributed by atoms with Crippen LogP contribution >= 0.6 is 0 Å². The molecule has 0 saturated carbocycles. The molecular formula is C15H12F3N5O. The van der Waals surface area contributed by atoms with Crippen molar-refractivity contribution in [3.8, 4) is 0 Å². The Hall–Kier alpha value is -3.10. The van der Waals surface area contributed by atoms with E-state index in [0.717, 1.165) is 11.8 Å². The lowest BCUT2D eigenvalue weighted by atomic mass is 10.2. The monoisotopic (exact) mass is 335 g/mol. The third kappa shape index (κ3) is 3.62. The molecule has 0 saturated heterocycles. The number of nitrogens with one attached hydrogen (secondary N) is 1. The van der Waals surface area contributed by atoms with Crippen LogP contribution < -0.4 is 5.32 Å². The summed E-state index contributed by atoms with van der Waals surface area (Å²) in [6, 6.07) is 7.16. The predicted octanol–water partition coefficient (Wildman–Crippen LogP) is 2.91. The van der Waals surface area contributed by atoms with Crippen molar-refractivity contribution < 1.29 is 18.0 Å². The van der Waals surface area contributed by atoms with Gasteiger partial charge in [0, 0.05) is 12.4 Å². The van der Waals surface area contributed by atoms with E-state index in [2.05, 4.69) is 15.5 Å². The Morgan fingerprint density at radius 2 is 1.96 bits per heavy atom. The average Bonchev–Trinajstić information content (AvgIpc) is 3.19. The van der Waals surface area contributed by atoms with E-state index in [1.54, 1.807) is 23.0 Å². The van der Waals surface area contributed by atoms with Gasteiger partial charge in [-0.2, -0.15) is 19.0 Å². The predicted molar refractivity (Wildman–Crippen MR) is 79.2 cm³/mol. The number of carbonyl (C=O) groups is 1. The van der Waals surface area contributed by atoms with Crippen molar-refractivity contribution >= 4 is 11.6 Å². The minimum Gasteiger partial charge on any atom is -0.318 e. The van der Waals surface area contributed by atoms with Crippen molar-refractivity contribution in [2.24, 2.45) is 0 Å². The Morgan fingerprint density at radius 3 is 2.62 bits per heavy atom. The number of nitrogens with zero attached hydrogens (tertiary/aromatic N) is 4. The van der Waals surface area contributed by atoms with Crippen LogP contribution in [0.15, 0.2) is 48.9 Å². The average molecular weight is 335 g/mol. The molecule has 24 heavy (non-hydrogen) atoms. The number of alkyl halides is 2. The van der Waals surface area contributed by atoms with E-state index >= 15 is 0 Å². The van der Waals surface area contributed by atoms with Crippen molar-refractivity contribution in [3.05, 3.63) is 66.0 Å². The molecular weight excluding hydrogens is 323 g/mol. The maximum absolute atomic E-state index is 12.9. The van der Waals surface area contributed by atoms with Gasteiger partial charge in [-0.05, 0) is 23.8 Å². The SMILES string of the molecule is O=C(Nc1cnn(Cc2ccc(F)cc2)c1)c1ccn(C(F)F)n1. The Bertz CT molecular complexity index is 841. The van der Waals surface area contributed by atoms with E-state index in [0.29, 0.717) is 16.9 Å². The zero-order valence-electron chi connectivity index (χ0n) is 12.2. The molecule has 0 unspecified atom stereocenters. The van der Waals surface area contributed by atoms with Gasteiger partial charge in [0.25, 0.3) is 5.91 Å². The number of rotatable bonds is 5. The highest BCUT2D eigenvalue weighted by Crippen LogP contribution is 2.12. The molecule has 3 aromatic rings. The summed E-state index contributed by atoms with van der Waals surface area (Å²) in [6.07, 6.45) is 4.02. The van der Waals surface area contributed by atoms with Gasteiger partial charge in [0.15, 0.2) is 5.69 Å². The summed E-state index contributed by atoms with van der Waals surface area (Å²) >= 11 is 0. The molecule has 0 aliphatic carbocycles. The molecule has 1 amide bonds. The lowest BCUT2D eigenvalue weighted by molar-refractivity contribution is 0.0561. The van der Waals surface area contributed by atoms with E-state index in [1.165, 1.54) is 24.4 Å². The maximum atomic E-state index is 12.9. The van der Waals surface area contributed by atoms with Crippen LogP contribution in [0.3, 0.4) is 0 Å². The minimum absolute atomic E-state index is 0.124. The van der Waals surface area contributed by atoms with Gasteiger partial charge in [0.2, 0.25) is 0 Å². The lowest BCUT2D eigenvalue weighted by Gasteiger charge is -2.02. The van der Waals surface area contributed by atoms with Crippen LogP contribution in [0.1, 0.15) is 22.6 Å². The van der Waals surface area contributed by atoms with Gasteiger partial charge in [-0.3, -0.25) is 9.48 Å². The van der Waals surface area contributed by atoms with Gasteiger partial charge in [0.1, 0.15) is 5.82 Å². The lowest BCUT2D eigenvalue weighted by Crippen LogP contribution is -2.13. The molecule has 0 aliphatic heterocycles. The van der Waals surface area contributed by atoms with Crippen LogP contribution in [0.4, 0.5) is 18.9 Å². The minimum atomic E-state index is -2.80. The molecule has 0 spiro atoms. The van der Waals surface area contributed by atoms with Crippen LogP contribution in [0.5, 0.6) is 0 Å². The van der Waals surface area contributed by atoms with E-state index in [4.69, 9.17) is 0 Å². The van der Waals surface area contributed by atoms with Crippen molar-refractivity contribution in [1.82, 2.24) is 19.6 Å². The quantitative estimate of drug-likeness (QED) is 0.780. The first-order valence-corrected chi connectivity index (χ1v) is 6.93. The molecule has 1 N–H and O–H groups in total. The fraction of sp³-hybridized carbons (Fsp3) is 0.133. The molecule has 6 nitrogen and oxygen atoms in total. The van der Waals surface area contributed by atoms with Crippen LogP contribution in [0, 0.1) is 5.82 Å². The summed E-state index contributed by atoms with van der Waals surface area (Å²) in [6.45, 7) is -2.40. The Labute approximate surface area is 134 Å². The van der Waals surface area contributed by atoms with Gasteiger partial charge in [0.05, 0.1) is 18.4 Å². The van der Waals surface area contributed by atoms with Crippen molar-refractivity contribution in [2.75, 3.05) is 5.32 Å². The second-order valence-corrected chi connectivity index (χ2v) is 4.97. The van der Waals surface area contributed by atoms with Crippen molar-refractivity contribution in [2.45, 2.75) is 13.1 Å². The van der Waals surface area contributed by atoms with Gasteiger partial charge in [-0.25, -0.2) is 9.07 Å². The summed E-state index contributed by atoms with van der Waals surface area (Å²) in [4.78, 5) is 11.9. The molecule has 2 aromatic heterocycles. The van der Waals surface area contributed by atoms with E-state index in [-0.39, 0.29) is 11.5 Å². The summed E-state index contributed by atoms with van der Waals surface area (Å²) in [5, 5.41) is 10.1. The Balaban J connectivity index is 1.64. The number of hydrogen-bond acceptors (Lipinski definition) is 3. The van der Waals surface area contributed by atoms with E-state index in [1.807, 2.05) is 0 Å². The molecule has 9 heteroatoms. The number of carbonyl (C=O) groups excluding carboxylic acids is 1. The fourth-order valence-electron chi connectivity index (χ4n) is 2.05. The van der Waals surface area contributed by atoms with Crippen molar-refractivity contribution in [3.63, 3.8) is 0 Å². The molecule has 0 radical (unpaired) electrons. The number of benzene rings is 1. The summed E-state index contributed by atoms with van der Waals surface area (Å²) in [5.41, 5.74) is 1.11. The highest BCUT2D eigenvalue weighted by Gasteiger charge is 2.14. The van der Waals surface area contributed by atoms with Gasteiger partial charge < -0.3 is 5.32 Å². The number of aromatic nitrogens is 4. The second kappa shape index (κ2) is 6.57. The van der Waals surface area contributed by atoms with Gasteiger partial charge >= 0.3 is 6.55 Å². The molecule has 0 fully saturated rings. The summed E-state index contributed by atoms with van der Waals surface area (Å²) < 4.78 is 39.7. The first-order chi connectivity index (χ1) is 11.5. The van der Waals surface area contributed by atoms with Crippen LogP contribution in [-0.4, -0.2) is 25.5 Å². The molecule has 2 heterocycles. The van der Waals surface area contributed by atoms with Gasteiger partial charge in [-0.1, -0.05) is 12.1 Å². The molecule has 0 atom stereocenters. The fourth-order valence-corrected chi connectivity index (χ4v) is 2.05. The van der Waals surface area contributed by atoms with Gasteiger partial charge in [-0.15, -0.1) is 0 Å². The van der Waals surface area contributed by atoms with Crippen LogP contribution in [-0.2, 0) is 6.54 Å². The number of hydrogen-bond donors (Lipinski definition) is 1. The number of halogens is 3. The molecule has 0 bridgehead atoms. The normalized spacial score (nSPS) is 11.0. The number of anilines is 1. The highest BCUT2D eigenvalue weighted by atomic mass is 19.3. The summed E-state index contributed by atoms with van der Waals surface area (Å²) in [5.74, 6) is -0.939. The van der Waals surface area contributed by atoms with Crippen molar-refractivity contribution in [1.29, 1.82) is 0 Å². The van der Waals surface area contributed by atoms with E-state index in [9.17, 15) is 18.0 Å². The highest BCUT2D eigenvalue weighted by molar-refractivity contribution is 6.02. The van der Waals surface area contributed by atoms with E-state index < -0.39 is 12.5 Å². The molecule has 124 valence electrons. The Kier molecular flexibility index (Phi) is 4.32. The largest absolute Gasteiger partial charge is 0.333 e. The standard InChI is InChI=1S/C15H12F3N5O/c16-11-3-1-10(2-4-11)8-22-9-12(7-19-22)20-14(24)13-5-6-23(21-13)15(17)18/h1-7,9,15H,8H2,(H,20,24). The zero-order chi connectivity index (χ0) is 17.1.